The van der Waals surface area contributed by atoms with Crippen LogP contribution < -0.4 is 0 Å². The highest BCUT2D eigenvalue weighted by atomic mass is 16.5. The lowest BCUT2D eigenvalue weighted by Crippen LogP contribution is -2.29. The quantitative estimate of drug-likeness (QED) is 0.871. The molecule has 136 valence electrons. The number of hydrogen-bond donors (Lipinski definition) is 1. The maximum absolute atomic E-state index is 5.47. The molecule has 0 aliphatic carbocycles. The van der Waals surface area contributed by atoms with Gasteiger partial charge in [0.05, 0.1) is 0 Å². The molecule has 0 saturated carbocycles. The number of likely N-dealkylation sites (tertiary alicyclic amines) is 1. The van der Waals surface area contributed by atoms with Crippen molar-refractivity contribution >= 4 is 10.9 Å². The zero-order valence-electron chi connectivity index (χ0n) is 15.5. The van der Waals surface area contributed by atoms with Crippen LogP contribution >= 0.6 is 0 Å². The van der Waals surface area contributed by atoms with E-state index in [1.807, 2.05) is 0 Å². The molecule has 0 radical (unpaired) electrons. The van der Waals surface area contributed by atoms with Gasteiger partial charge >= 0.3 is 0 Å². The molecule has 2 saturated heterocycles. The Hall–Kier alpha value is -1.36. The van der Waals surface area contributed by atoms with Gasteiger partial charge in [0, 0.05) is 49.4 Å². The van der Waals surface area contributed by atoms with E-state index in [9.17, 15) is 0 Å². The van der Waals surface area contributed by atoms with Crippen molar-refractivity contribution in [3.63, 3.8) is 0 Å². The molecular formula is C21H31N3O. The minimum Gasteiger partial charge on any atom is -0.381 e. The molecule has 4 heteroatoms. The molecule has 0 unspecified atom stereocenters. The molecule has 3 heterocycles. The van der Waals surface area contributed by atoms with Gasteiger partial charge in [0.25, 0.3) is 0 Å². The normalized spacial score (nSPS) is 20.1. The highest BCUT2D eigenvalue weighted by Gasteiger charge is 2.16. The van der Waals surface area contributed by atoms with Gasteiger partial charge in [-0.2, -0.15) is 0 Å². The van der Waals surface area contributed by atoms with Crippen molar-refractivity contribution < 1.29 is 4.74 Å². The Morgan fingerprint density at radius 3 is 2.76 bits per heavy atom. The van der Waals surface area contributed by atoms with Crippen LogP contribution in [0.1, 0.15) is 36.9 Å². The largest absolute Gasteiger partial charge is 0.381 e. The third-order valence-corrected chi connectivity index (χ3v) is 5.70. The number of fused-ring (bicyclic) bond motifs is 1. The monoisotopic (exact) mass is 341 g/mol. The average Bonchev–Trinajstić information content (AvgIpc) is 3.24. The summed E-state index contributed by atoms with van der Waals surface area (Å²) >= 11 is 0. The summed E-state index contributed by atoms with van der Waals surface area (Å²) in [6.45, 7) is 7.64. The molecule has 0 amide bonds. The van der Waals surface area contributed by atoms with Gasteiger partial charge in [0.2, 0.25) is 0 Å². The Labute approximate surface area is 151 Å². The van der Waals surface area contributed by atoms with E-state index in [0.717, 1.165) is 32.2 Å². The van der Waals surface area contributed by atoms with Crippen LogP contribution in [0.5, 0.6) is 0 Å². The van der Waals surface area contributed by atoms with Crippen LogP contribution in [0.15, 0.2) is 24.3 Å². The van der Waals surface area contributed by atoms with E-state index >= 15 is 0 Å². The second-order valence-corrected chi connectivity index (χ2v) is 7.95. The minimum atomic E-state index is 0.793. The fourth-order valence-corrected chi connectivity index (χ4v) is 4.35. The summed E-state index contributed by atoms with van der Waals surface area (Å²) in [6, 6.07) is 9.23. The first kappa shape index (κ1) is 17.1. The number of ether oxygens (including phenoxy) is 1. The van der Waals surface area contributed by atoms with E-state index in [2.05, 4.69) is 46.1 Å². The van der Waals surface area contributed by atoms with Gasteiger partial charge in [-0.05, 0) is 75.5 Å². The van der Waals surface area contributed by atoms with Crippen molar-refractivity contribution in [2.45, 2.75) is 38.8 Å². The van der Waals surface area contributed by atoms with Gasteiger partial charge in [0.15, 0.2) is 0 Å². The molecule has 2 fully saturated rings. The van der Waals surface area contributed by atoms with Gasteiger partial charge in [-0.25, -0.2) is 0 Å². The first-order valence-electron chi connectivity index (χ1n) is 9.85. The fourth-order valence-electron chi connectivity index (χ4n) is 4.35. The van der Waals surface area contributed by atoms with Gasteiger partial charge in [-0.3, -0.25) is 4.90 Å². The highest BCUT2D eigenvalue weighted by Crippen LogP contribution is 2.21. The maximum Gasteiger partial charge on any atom is 0.0469 e. The Balaban J connectivity index is 1.38. The predicted octanol–water partition coefficient (Wildman–Crippen LogP) is 3.62. The molecule has 0 bridgehead atoms. The molecule has 25 heavy (non-hydrogen) atoms. The topological polar surface area (TPSA) is 31.5 Å². The van der Waals surface area contributed by atoms with Crippen molar-refractivity contribution in [3.05, 3.63) is 35.5 Å². The van der Waals surface area contributed by atoms with E-state index in [1.165, 1.54) is 67.5 Å². The van der Waals surface area contributed by atoms with Gasteiger partial charge in [-0.15, -0.1) is 0 Å². The first-order chi connectivity index (χ1) is 12.3. The lowest BCUT2D eigenvalue weighted by atomic mass is 9.99. The molecule has 0 spiro atoms. The molecule has 0 atom stereocenters. The number of H-pyrrole nitrogens is 1. The van der Waals surface area contributed by atoms with Crippen LogP contribution in [0.25, 0.3) is 10.9 Å². The van der Waals surface area contributed by atoms with E-state index in [4.69, 9.17) is 4.74 Å². The standard InChI is InChI=1S/C21H31N3O/c1-23(14-17-6-10-25-11-7-17)15-18-4-5-21-19(12-18)13-20(22-21)16-24-8-2-3-9-24/h4-5,12-13,17,22H,2-3,6-11,14-16H2,1H3. The van der Waals surface area contributed by atoms with Crippen molar-refractivity contribution in [2.75, 3.05) is 39.9 Å². The summed E-state index contributed by atoms with van der Waals surface area (Å²) in [7, 11) is 2.25. The number of nitrogens with one attached hydrogen (secondary N) is 1. The Morgan fingerprint density at radius 2 is 1.96 bits per heavy atom. The van der Waals surface area contributed by atoms with Crippen LogP contribution in [0.2, 0.25) is 0 Å². The number of benzene rings is 1. The van der Waals surface area contributed by atoms with E-state index < -0.39 is 0 Å². The van der Waals surface area contributed by atoms with E-state index in [-0.39, 0.29) is 0 Å². The van der Waals surface area contributed by atoms with E-state index in [0.29, 0.717) is 0 Å². The molecule has 1 N–H and O–H groups in total. The second kappa shape index (κ2) is 7.90. The lowest BCUT2D eigenvalue weighted by molar-refractivity contribution is 0.0549. The van der Waals surface area contributed by atoms with Crippen LogP contribution in [-0.4, -0.2) is 54.7 Å². The predicted molar refractivity (Wildman–Crippen MR) is 103 cm³/mol. The van der Waals surface area contributed by atoms with Crippen LogP contribution in [0.4, 0.5) is 0 Å². The summed E-state index contributed by atoms with van der Waals surface area (Å²) < 4.78 is 5.47. The lowest BCUT2D eigenvalue weighted by Gasteiger charge is -2.27. The van der Waals surface area contributed by atoms with E-state index in [1.54, 1.807) is 0 Å². The molecule has 1 aromatic heterocycles. The molecule has 1 aromatic carbocycles. The van der Waals surface area contributed by atoms with Gasteiger partial charge in [0.1, 0.15) is 0 Å². The van der Waals surface area contributed by atoms with Gasteiger partial charge in [-0.1, -0.05) is 6.07 Å². The van der Waals surface area contributed by atoms with Crippen molar-refractivity contribution in [3.8, 4) is 0 Å². The Morgan fingerprint density at radius 1 is 1.16 bits per heavy atom. The van der Waals surface area contributed by atoms with Crippen molar-refractivity contribution in [1.29, 1.82) is 0 Å². The Kier molecular flexibility index (Phi) is 5.39. The minimum absolute atomic E-state index is 0.793. The summed E-state index contributed by atoms with van der Waals surface area (Å²) in [5, 5.41) is 1.35. The SMILES string of the molecule is CN(Cc1ccc2[nH]c(CN3CCCC3)cc2c1)CC1CCOCC1. The third-order valence-electron chi connectivity index (χ3n) is 5.70. The second-order valence-electron chi connectivity index (χ2n) is 7.95. The van der Waals surface area contributed by atoms with Gasteiger partial charge < -0.3 is 14.6 Å². The number of aromatic nitrogens is 1. The first-order valence-corrected chi connectivity index (χ1v) is 9.85. The fraction of sp³-hybridized carbons (Fsp3) is 0.619. The third kappa shape index (κ3) is 4.43. The highest BCUT2D eigenvalue weighted by molar-refractivity contribution is 5.81. The van der Waals surface area contributed by atoms with Crippen LogP contribution in [0.3, 0.4) is 0 Å². The average molecular weight is 341 g/mol. The van der Waals surface area contributed by atoms with Crippen molar-refractivity contribution in [2.24, 2.45) is 5.92 Å². The molecule has 2 aromatic rings. The molecule has 4 nitrogen and oxygen atoms in total. The zero-order valence-corrected chi connectivity index (χ0v) is 15.5. The number of hydrogen-bond acceptors (Lipinski definition) is 3. The number of aromatic amines is 1. The smallest absolute Gasteiger partial charge is 0.0469 e. The molecular weight excluding hydrogens is 310 g/mol. The van der Waals surface area contributed by atoms with Crippen LogP contribution in [0, 0.1) is 5.92 Å². The molecule has 2 aliphatic heterocycles. The Bertz CT molecular complexity index is 684. The van der Waals surface area contributed by atoms with Crippen molar-refractivity contribution in [1.82, 2.24) is 14.8 Å². The maximum atomic E-state index is 5.47. The number of nitrogens with zero attached hydrogens (tertiary/aromatic N) is 2. The summed E-state index contributed by atoms with van der Waals surface area (Å²) in [4.78, 5) is 8.62. The molecule has 2 aliphatic rings. The van der Waals surface area contributed by atoms with Crippen LogP contribution in [-0.2, 0) is 17.8 Å². The zero-order chi connectivity index (χ0) is 17.1. The number of rotatable bonds is 6. The summed E-state index contributed by atoms with van der Waals surface area (Å²) in [6.07, 6.45) is 5.12. The summed E-state index contributed by atoms with van der Waals surface area (Å²) in [5.41, 5.74) is 4.03. The molecule has 4 rings (SSSR count). The summed E-state index contributed by atoms with van der Waals surface area (Å²) in [5.74, 6) is 0.793.